The molecule has 3 aromatic rings. The number of ether oxygens (including phenoxy) is 1. The highest BCUT2D eigenvalue weighted by Gasteiger charge is 2.27. The number of carboxylic acid groups (broad SMARTS) is 1. The van der Waals surface area contributed by atoms with E-state index in [1.165, 1.54) is 12.1 Å². The standard InChI is InChI=1S/C25H26ClN3O5S/c1-15-5-3-6-16(2)23(15)24-19(26)13-14-20(27-24)29-35(32,33)22-8-4-7-21(28-22)34-18-11-9-17(10-12-18)25(30)31/h3-8,13-14,17-18H,9-12H2,1-2H3,(H,27,29)(H,30,31)/t17-,18-. The zero-order valence-corrected chi connectivity index (χ0v) is 20.9. The van der Waals surface area contributed by atoms with Gasteiger partial charge in [-0.05, 0) is 68.9 Å². The molecule has 1 aromatic carbocycles. The second kappa shape index (κ2) is 10.2. The van der Waals surface area contributed by atoms with E-state index in [-0.39, 0.29) is 28.7 Å². The Balaban J connectivity index is 1.53. The fraction of sp³-hybridized carbons (Fsp3) is 0.320. The van der Waals surface area contributed by atoms with Crippen molar-refractivity contribution >= 4 is 33.4 Å². The van der Waals surface area contributed by atoms with Gasteiger partial charge in [-0.15, -0.1) is 0 Å². The van der Waals surface area contributed by atoms with Crippen LogP contribution in [0.25, 0.3) is 11.3 Å². The summed E-state index contributed by atoms with van der Waals surface area (Å²) in [6.45, 7) is 3.89. The predicted octanol–water partition coefficient (Wildman–Crippen LogP) is 5.24. The van der Waals surface area contributed by atoms with Gasteiger partial charge in [-0.1, -0.05) is 35.9 Å². The Hall–Kier alpha value is -3.17. The zero-order valence-electron chi connectivity index (χ0n) is 19.4. The summed E-state index contributed by atoms with van der Waals surface area (Å²) in [4.78, 5) is 19.8. The predicted molar refractivity (Wildman–Crippen MR) is 133 cm³/mol. The molecule has 0 saturated heterocycles. The second-order valence-electron chi connectivity index (χ2n) is 8.64. The Labute approximate surface area is 209 Å². The van der Waals surface area contributed by atoms with Gasteiger partial charge in [0.25, 0.3) is 10.0 Å². The lowest BCUT2D eigenvalue weighted by Crippen LogP contribution is -2.28. The van der Waals surface area contributed by atoms with E-state index in [1.54, 1.807) is 18.2 Å². The van der Waals surface area contributed by atoms with E-state index in [2.05, 4.69) is 14.7 Å². The molecule has 1 fully saturated rings. The molecule has 0 atom stereocenters. The van der Waals surface area contributed by atoms with Gasteiger partial charge in [0.15, 0.2) is 5.03 Å². The van der Waals surface area contributed by atoms with Crippen molar-refractivity contribution in [3.63, 3.8) is 0 Å². The molecule has 184 valence electrons. The molecule has 0 aliphatic heterocycles. The summed E-state index contributed by atoms with van der Waals surface area (Å²) in [5.74, 6) is -0.865. The maximum absolute atomic E-state index is 13.1. The number of carbonyl (C=O) groups is 1. The van der Waals surface area contributed by atoms with Crippen molar-refractivity contribution < 1.29 is 23.1 Å². The summed E-state index contributed by atoms with van der Waals surface area (Å²) in [5, 5.41) is 9.35. The fourth-order valence-electron chi connectivity index (χ4n) is 4.26. The minimum atomic E-state index is -4.05. The van der Waals surface area contributed by atoms with Crippen molar-refractivity contribution in [1.82, 2.24) is 9.97 Å². The zero-order chi connectivity index (χ0) is 25.2. The number of aliphatic carboxylic acids is 1. The van der Waals surface area contributed by atoms with Crippen LogP contribution in [0, 0.1) is 19.8 Å². The molecular weight excluding hydrogens is 490 g/mol. The topological polar surface area (TPSA) is 118 Å². The van der Waals surface area contributed by atoms with Crippen LogP contribution in [-0.4, -0.2) is 35.6 Å². The molecule has 2 heterocycles. The highest BCUT2D eigenvalue weighted by molar-refractivity contribution is 7.92. The van der Waals surface area contributed by atoms with E-state index in [1.807, 2.05) is 32.0 Å². The number of nitrogens with zero attached hydrogens (tertiary/aromatic N) is 2. The van der Waals surface area contributed by atoms with Crippen molar-refractivity contribution in [1.29, 1.82) is 0 Å². The first-order valence-electron chi connectivity index (χ1n) is 11.3. The van der Waals surface area contributed by atoms with Crippen LogP contribution in [0.1, 0.15) is 36.8 Å². The van der Waals surface area contributed by atoms with E-state index in [0.717, 1.165) is 16.7 Å². The van der Waals surface area contributed by atoms with Crippen LogP contribution in [0.2, 0.25) is 5.02 Å². The van der Waals surface area contributed by atoms with Gasteiger partial charge in [-0.25, -0.2) is 4.98 Å². The largest absolute Gasteiger partial charge is 0.481 e. The van der Waals surface area contributed by atoms with Crippen LogP contribution >= 0.6 is 11.6 Å². The first kappa shape index (κ1) is 24.9. The lowest BCUT2D eigenvalue weighted by atomic mass is 9.87. The molecule has 0 unspecified atom stereocenters. The Bertz CT molecular complexity index is 1330. The molecule has 0 radical (unpaired) electrons. The van der Waals surface area contributed by atoms with Gasteiger partial charge in [0, 0.05) is 11.6 Å². The lowest BCUT2D eigenvalue weighted by Gasteiger charge is -2.26. The summed E-state index contributed by atoms with van der Waals surface area (Å²) in [7, 11) is -4.05. The highest BCUT2D eigenvalue weighted by atomic mass is 35.5. The average Bonchev–Trinajstić information content (AvgIpc) is 2.81. The van der Waals surface area contributed by atoms with Crippen molar-refractivity contribution in [2.75, 3.05) is 4.72 Å². The molecule has 1 saturated carbocycles. The number of carboxylic acids is 1. The smallest absolute Gasteiger partial charge is 0.306 e. The summed E-state index contributed by atoms with van der Waals surface area (Å²) < 4.78 is 34.5. The van der Waals surface area contributed by atoms with Gasteiger partial charge in [-0.3, -0.25) is 9.52 Å². The molecule has 1 aliphatic carbocycles. The number of benzene rings is 1. The molecule has 2 N–H and O–H groups in total. The Morgan fingerprint density at radius 3 is 2.31 bits per heavy atom. The van der Waals surface area contributed by atoms with Crippen LogP contribution in [-0.2, 0) is 14.8 Å². The molecular formula is C25H26ClN3O5S. The number of rotatable bonds is 7. The number of nitrogens with one attached hydrogen (secondary N) is 1. The molecule has 10 heteroatoms. The first-order valence-corrected chi connectivity index (χ1v) is 13.1. The minimum absolute atomic E-state index is 0.118. The third-order valence-corrected chi connectivity index (χ3v) is 7.65. The van der Waals surface area contributed by atoms with Gasteiger partial charge in [-0.2, -0.15) is 13.4 Å². The molecule has 0 bridgehead atoms. The van der Waals surface area contributed by atoms with E-state index in [9.17, 15) is 13.2 Å². The van der Waals surface area contributed by atoms with Gasteiger partial charge >= 0.3 is 5.97 Å². The monoisotopic (exact) mass is 515 g/mol. The Kier molecular flexibility index (Phi) is 7.28. The Morgan fingerprint density at radius 1 is 1.00 bits per heavy atom. The number of sulfonamides is 1. The van der Waals surface area contributed by atoms with E-state index in [0.29, 0.717) is 36.4 Å². The SMILES string of the molecule is Cc1cccc(C)c1-c1nc(NS(=O)(=O)c2cccc(O[C@H]3CC[C@H](C(=O)O)CC3)n2)ccc1Cl. The van der Waals surface area contributed by atoms with Crippen LogP contribution in [0.4, 0.5) is 5.82 Å². The van der Waals surface area contributed by atoms with E-state index in [4.69, 9.17) is 21.4 Å². The second-order valence-corrected chi connectivity index (χ2v) is 10.7. The number of anilines is 1. The number of aryl methyl sites for hydroxylation is 2. The number of pyridine rings is 2. The molecule has 35 heavy (non-hydrogen) atoms. The van der Waals surface area contributed by atoms with Crippen LogP contribution < -0.4 is 9.46 Å². The van der Waals surface area contributed by atoms with Crippen molar-refractivity contribution in [2.45, 2.75) is 50.7 Å². The van der Waals surface area contributed by atoms with Gasteiger partial charge < -0.3 is 9.84 Å². The number of hydrogen-bond donors (Lipinski definition) is 2. The van der Waals surface area contributed by atoms with Gasteiger partial charge in [0.2, 0.25) is 5.88 Å². The maximum atomic E-state index is 13.1. The third kappa shape index (κ3) is 5.74. The Morgan fingerprint density at radius 2 is 1.66 bits per heavy atom. The van der Waals surface area contributed by atoms with Crippen LogP contribution in [0.15, 0.2) is 53.6 Å². The molecule has 1 aliphatic rings. The molecule has 0 spiro atoms. The van der Waals surface area contributed by atoms with Crippen LogP contribution in [0.5, 0.6) is 5.88 Å². The van der Waals surface area contributed by atoms with Gasteiger partial charge in [0.05, 0.1) is 16.6 Å². The fourth-order valence-corrected chi connectivity index (χ4v) is 5.42. The quantitative estimate of drug-likeness (QED) is 0.441. The highest BCUT2D eigenvalue weighted by Crippen LogP contribution is 2.33. The van der Waals surface area contributed by atoms with Crippen LogP contribution in [0.3, 0.4) is 0 Å². The molecule has 8 nitrogen and oxygen atoms in total. The summed E-state index contributed by atoms with van der Waals surface area (Å²) >= 11 is 6.40. The first-order chi connectivity index (χ1) is 16.6. The minimum Gasteiger partial charge on any atom is -0.481 e. The summed E-state index contributed by atoms with van der Waals surface area (Å²) in [6, 6.07) is 13.4. The van der Waals surface area contributed by atoms with Crippen molar-refractivity contribution in [3.8, 4) is 17.1 Å². The molecule has 0 amide bonds. The maximum Gasteiger partial charge on any atom is 0.306 e. The van der Waals surface area contributed by atoms with E-state index >= 15 is 0 Å². The molecule has 4 rings (SSSR count). The average molecular weight is 516 g/mol. The summed E-state index contributed by atoms with van der Waals surface area (Å²) in [6.07, 6.45) is 1.98. The summed E-state index contributed by atoms with van der Waals surface area (Å²) in [5.41, 5.74) is 3.29. The number of halogens is 1. The van der Waals surface area contributed by atoms with Crippen molar-refractivity contribution in [3.05, 3.63) is 64.7 Å². The van der Waals surface area contributed by atoms with E-state index < -0.39 is 16.0 Å². The van der Waals surface area contributed by atoms with Gasteiger partial charge in [0.1, 0.15) is 11.9 Å². The number of hydrogen-bond acceptors (Lipinski definition) is 6. The van der Waals surface area contributed by atoms with Crippen molar-refractivity contribution in [2.24, 2.45) is 5.92 Å². The normalized spacial score (nSPS) is 18.1. The third-order valence-electron chi connectivity index (χ3n) is 6.09. The lowest BCUT2D eigenvalue weighted by molar-refractivity contribution is -0.143. The number of aromatic nitrogens is 2. The molecule has 2 aromatic heterocycles.